The first kappa shape index (κ1) is 68.8. The molecular formula is C56H73N9O19. The zero-order chi connectivity index (χ0) is 62.8. The fraction of sp³-hybridized carbons (Fsp3) is 0.446. The highest BCUT2D eigenvalue weighted by Gasteiger charge is 2.37. The van der Waals surface area contributed by atoms with Crippen molar-refractivity contribution in [3.63, 3.8) is 0 Å². The van der Waals surface area contributed by atoms with Gasteiger partial charge in [-0.2, -0.15) is 0 Å². The number of carboxylic acid groups (broad SMARTS) is 5. The van der Waals surface area contributed by atoms with E-state index in [-0.39, 0.29) is 18.6 Å². The number of aliphatic carboxylic acids is 5. The standard InChI is InChI=1S/C56H73N9O19/c1-29(2)46(55(82)63-38(25-31-11-7-5-8-12-31)51(78)60-39(26-32-13-9-6-10-14-32)54(81)65-47(30(3)4)56(83)84)64-53(80)40(27-33-15-17-34(66)18-16-33)61-52(79)41(28-45(73)74)62-50(77)37(21-24-44(71)72)59-49(76)36(20-23-43(69)70)58-48(75)35(57)19-22-42(67)68/h5-18,29-30,35-41,46-47,66H,19-28,57H2,1-4H3,(H,58,75)(H,59,76)(H,60,78)(H,61,79)(H,62,77)(H,63,82)(H,64,80)(H,65,81)(H,67,68)(H,69,70)(H,71,72)(H,73,74)(H,83,84)/t35-,36-,37-,38-,39-,40-,41-,46-,47-/m0/s1. The van der Waals surface area contributed by atoms with Crippen molar-refractivity contribution in [2.75, 3.05) is 0 Å². The molecule has 84 heavy (non-hydrogen) atoms. The molecule has 3 aromatic rings. The predicted molar refractivity (Wildman–Crippen MR) is 296 cm³/mol. The van der Waals surface area contributed by atoms with Crippen molar-refractivity contribution in [1.29, 1.82) is 0 Å². The molecule has 0 spiro atoms. The Morgan fingerprint density at radius 1 is 0.369 bits per heavy atom. The summed E-state index contributed by atoms with van der Waals surface area (Å²) in [6.07, 6.45) is -5.72. The van der Waals surface area contributed by atoms with Gasteiger partial charge in [-0.05, 0) is 59.9 Å². The molecule has 0 fully saturated rings. The molecule has 0 saturated carbocycles. The van der Waals surface area contributed by atoms with Crippen LogP contribution in [-0.4, -0.2) is 162 Å². The van der Waals surface area contributed by atoms with Crippen LogP contribution < -0.4 is 48.3 Å². The minimum atomic E-state index is -2.10. The Morgan fingerprint density at radius 3 is 1.08 bits per heavy atom. The lowest BCUT2D eigenvalue weighted by molar-refractivity contribution is -0.143. The molecule has 28 heteroatoms. The Hall–Kier alpha value is -9.47. The minimum Gasteiger partial charge on any atom is -0.508 e. The first-order valence-corrected chi connectivity index (χ1v) is 26.7. The number of carbonyl (C=O) groups is 13. The van der Waals surface area contributed by atoms with E-state index in [4.69, 9.17) is 10.8 Å². The van der Waals surface area contributed by atoms with Crippen LogP contribution in [0.4, 0.5) is 0 Å². The third-order valence-electron chi connectivity index (χ3n) is 12.9. The fourth-order valence-corrected chi connectivity index (χ4v) is 8.25. The third-order valence-corrected chi connectivity index (χ3v) is 12.9. The molecule has 0 bridgehead atoms. The number of aromatic hydroxyl groups is 1. The van der Waals surface area contributed by atoms with Crippen molar-refractivity contribution in [2.24, 2.45) is 17.6 Å². The van der Waals surface area contributed by atoms with Gasteiger partial charge in [-0.25, -0.2) is 4.79 Å². The van der Waals surface area contributed by atoms with E-state index in [2.05, 4.69) is 42.5 Å². The molecule has 0 aliphatic heterocycles. The Kier molecular flexibility index (Phi) is 27.9. The van der Waals surface area contributed by atoms with Gasteiger partial charge in [0.1, 0.15) is 54.1 Å². The maximum atomic E-state index is 14.5. The minimum absolute atomic E-state index is 0.0973. The quantitative estimate of drug-likeness (QED) is 0.0335. The van der Waals surface area contributed by atoms with E-state index in [0.717, 1.165) is 0 Å². The second-order valence-corrected chi connectivity index (χ2v) is 20.4. The Morgan fingerprint density at radius 2 is 0.690 bits per heavy atom. The zero-order valence-electron chi connectivity index (χ0n) is 46.6. The zero-order valence-corrected chi connectivity index (χ0v) is 46.6. The lowest BCUT2D eigenvalue weighted by atomic mass is 9.98. The summed E-state index contributed by atoms with van der Waals surface area (Å²) < 4.78 is 0. The number of carbonyl (C=O) groups excluding carboxylic acids is 8. The molecule has 0 aromatic heterocycles. The van der Waals surface area contributed by atoms with E-state index in [1.807, 2.05) is 0 Å². The summed E-state index contributed by atoms with van der Waals surface area (Å²) in [7, 11) is 0. The van der Waals surface area contributed by atoms with Crippen LogP contribution in [0.1, 0.15) is 89.3 Å². The maximum absolute atomic E-state index is 14.5. The first-order valence-electron chi connectivity index (χ1n) is 26.7. The summed E-state index contributed by atoms with van der Waals surface area (Å²) in [6, 6.07) is 7.51. The molecule has 16 N–H and O–H groups in total. The van der Waals surface area contributed by atoms with Gasteiger partial charge in [0.05, 0.1) is 12.5 Å². The van der Waals surface area contributed by atoms with Gasteiger partial charge >= 0.3 is 29.8 Å². The van der Waals surface area contributed by atoms with Crippen LogP contribution in [0.2, 0.25) is 0 Å². The van der Waals surface area contributed by atoms with Crippen molar-refractivity contribution in [3.05, 3.63) is 102 Å². The number of hydrogen-bond donors (Lipinski definition) is 15. The molecule has 3 rings (SSSR count). The summed E-state index contributed by atoms with van der Waals surface area (Å²) in [4.78, 5) is 170. The van der Waals surface area contributed by atoms with Gasteiger partial charge in [0, 0.05) is 38.5 Å². The average molecular weight is 1180 g/mol. The summed E-state index contributed by atoms with van der Waals surface area (Å²) in [5, 5.41) is 76.8. The van der Waals surface area contributed by atoms with Crippen LogP contribution in [0.3, 0.4) is 0 Å². The summed E-state index contributed by atoms with van der Waals surface area (Å²) in [5.74, 6) is -17.5. The fourth-order valence-electron chi connectivity index (χ4n) is 8.25. The van der Waals surface area contributed by atoms with Gasteiger partial charge in [0.25, 0.3) is 0 Å². The number of amides is 8. The number of phenolic OH excluding ortho intramolecular Hbond substituents is 1. The molecule has 28 nitrogen and oxygen atoms in total. The van der Waals surface area contributed by atoms with E-state index in [9.17, 15) is 87.9 Å². The van der Waals surface area contributed by atoms with Gasteiger partial charge in [0.2, 0.25) is 47.3 Å². The number of hydrogen-bond acceptors (Lipinski definition) is 15. The molecule has 0 heterocycles. The highest BCUT2D eigenvalue weighted by Crippen LogP contribution is 2.15. The van der Waals surface area contributed by atoms with Gasteiger partial charge < -0.3 is 78.9 Å². The third kappa shape index (κ3) is 24.3. The highest BCUT2D eigenvalue weighted by molar-refractivity contribution is 5.99. The van der Waals surface area contributed by atoms with Crippen molar-refractivity contribution in [1.82, 2.24) is 42.5 Å². The largest absolute Gasteiger partial charge is 0.508 e. The van der Waals surface area contributed by atoms with Crippen LogP contribution in [0.5, 0.6) is 5.75 Å². The Labute approximate surface area is 482 Å². The second-order valence-electron chi connectivity index (χ2n) is 20.4. The van der Waals surface area contributed by atoms with Gasteiger partial charge in [0.15, 0.2) is 0 Å². The number of nitrogens with two attached hydrogens (primary N) is 1. The molecule has 0 radical (unpaired) electrons. The summed E-state index contributed by atoms with van der Waals surface area (Å²) in [6.45, 7) is 6.25. The molecule has 456 valence electrons. The van der Waals surface area contributed by atoms with Crippen molar-refractivity contribution < 1.29 is 93.0 Å². The molecular weight excluding hydrogens is 1100 g/mol. The van der Waals surface area contributed by atoms with E-state index in [1.54, 1.807) is 74.5 Å². The van der Waals surface area contributed by atoms with Crippen LogP contribution in [-0.2, 0) is 81.6 Å². The normalized spacial score (nSPS) is 14.2. The van der Waals surface area contributed by atoms with E-state index in [1.165, 1.54) is 38.1 Å². The van der Waals surface area contributed by atoms with Crippen molar-refractivity contribution in [2.45, 2.75) is 146 Å². The molecule has 0 saturated heterocycles. The first-order chi connectivity index (χ1) is 39.5. The number of phenols is 1. The van der Waals surface area contributed by atoms with Gasteiger partial charge in [-0.3, -0.25) is 57.5 Å². The Balaban J connectivity index is 1.99. The van der Waals surface area contributed by atoms with Crippen molar-refractivity contribution >= 4 is 77.1 Å². The number of carboxylic acids is 5. The van der Waals surface area contributed by atoms with Crippen LogP contribution in [0.15, 0.2) is 84.9 Å². The van der Waals surface area contributed by atoms with Crippen LogP contribution in [0.25, 0.3) is 0 Å². The smallest absolute Gasteiger partial charge is 0.326 e. The lowest BCUT2D eigenvalue weighted by Crippen LogP contribution is -2.62. The molecule has 0 unspecified atom stereocenters. The number of nitrogens with one attached hydrogen (secondary N) is 8. The second kappa shape index (κ2) is 34.1. The van der Waals surface area contributed by atoms with Gasteiger partial charge in [-0.1, -0.05) is 100 Å². The van der Waals surface area contributed by atoms with Crippen molar-refractivity contribution in [3.8, 4) is 5.75 Å². The molecule has 3 aromatic carbocycles. The topological polar surface area (TPSA) is 466 Å². The number of benzene rings is 3. The maximum Gasteiger partial charge on any atom is 0.326 e. The monoisotopic (exact) mass is 1180 g/mol. The highest BCUT2D eigenvalue weighted by atomic mass is 16.4. The molecule has 8 amide bonds. The molecule has 9 atom stereocenters. The Bertz CT molecular complexity index is 2800. The number of rotatable bonds is 36. The van der Waals surface area contributed by atoms with E-state index in [0.29, 0.717) is 16.7 Å². The summed E-state index contributed by atoms with van der Waals surface area (Å²) in [5.41, 5.74) is 7.20. The van der Waals surface area contributed by atoms with Crippen LogP contribution in [0, 0.1) is 11.8 Å². The van der Waals surface area contributed by atoms with E-state index < -0.39 is 195 Å². The van der Waals surface area contributed by atoms with E-state index >= 15 is 0 Å². The van der Waals surface area contributed by atoms with Gasteiger partial charge in [-0.15, -0.1) is 0 Å². The average Bonchev–Trinajstić information content (AvgIpc) is 3.64. The summed E-state index contributed by atoms with van der Waals surface area (Å²) >= 11 is 0. The predicted octanol–water partition coefficient (Wildman–Crippen LogP) is -0.909. The molecule has 0 aliphatic carbocycles. The van der Waals surface area contributed by atoms with Crippen LogP contribution >= 0.6 is 0 Å². The lowest BCUT2D eigenvalue weighted by Gasteiger charge is -2.29. The SMILES string of the molecule is CC(C)[C@H](NC(=O)[C@H](Cc1ccccc1)NC(=O)[C@H](Cc1ccccc1)NC(=O)[C@@H](NC(=O)[C@H](Cc1ccc(O)cc1)NC(=O)[C@H](CC(=O)O)NC(=O)[C@H](CCC(=O)O)NC(=O)[C@H](CCC(=O)O)NC(=O)[C@@H](N)CCC(=O)O)C(C)C)C(=O)O. The molecule has 0 aliphatic rings.